The molecule has 29 heavy (non-hydrogen) atoms. The maximum absolute atomic E-state index is 13.2. The lowest BCUT2D eigenvalue weighted by atomic mass is 10.2. The van der Waals surface area contributed by atoms with Crippen LogP contribution in [0, 0.1) is 17.1 Å². The molecule has 1 aliphatic heterocycles. The van der Waals surface area contributed by atoms with Gasteiger partial charge in [0.1, 0.15) is 11.9 Å². The lowest BCUT2D eigenvalue weighted by Gasteiger charge is -2.24. The number of para-hydroxylation sites is 1. The summed E-state index contributed by atoms with van der Waals surface area (Å²) < 4.78 is 40.2. The van der Waals surface area contributed by atoms with Gasteiger partial charge in [-0.2, -0.15) is 9.57 Å². The van der Waals surface area contributed by atoms with E-state index in [9.17, 15) is 17.6 Å². The first-order valence-electron chi connectivity index (χ1n) is 9.10. The molecule has 0 bridgehead atoms. The third kappa shape index (κ3) is 4.96. The van der Waals surface area contributed by atoms with Crippen LogP contribution >= 0.6 is 11.8 Å². The van der Waals surface area contributed by atoms with Crippen LogP contribution in [0.25, 0.3) is 0 Å². The summed E-state index contributed by atoms with van der Waals surface area (Å²) in [6.45, 7) is 0.233. The van der Waals surface area contributed by atoms with Gasteiger partial charge in [-0.3, -0.25) is 4.79 Å². The maximum atomic E-state index is 13.2. The molecule has 0 unspecified atom stereocenters. The van der Waals surface area contributed by atoms with Crippen molar-refractivity contribution >= 4 is 33.4 Å². The monoisotopic (exact) mass is 433 g/mol. The molecule has 1 aliphatic rings. The second kappa shape index (κ2) is 9.39. The Bertz CT molecular complexity index is 1020. The minimum absolute atomic E-state index is 0.0361. The molecule has 9 heteroatoms. The number of amides is 1. The van der Waals surface area contributed by atoms with Gasteiger partial charge in [0.15, 0.2) is 0 Å². The van der Waals surface area contributed by atoms with Gasteiger partial charge in [-0.05, 0) is 49.2 Å². The summed E-state index contributed by atoms with van der Waals surface area (Å²) in [7, 11) is -3.91. The zero-order valence-corrected chi connectivity index (χ0v) is 17.2. The van der Waals surface area contributed by atoms with Crippen molar-refractivity contribution in [3.05, 3.63) is 54.3 Å². The summed E-state index contributed by atoms with van der Waals surface area (Å²) >= 11 is 1.46. The Labute approximate surface area is 173 Å². The molecule has 1 saturated heterocycles. The fourth-order valence-electron chi connectivity index (χ4n) is 3.15. The molecule has 1 heterocycles. The molecule has 0 aromatic heterocycles. The van der Waals surface area contributed by atoms with E-state index >= 15 is 0 Å². The van der Waals surface area contributed by atoms with Crippen LogP contribution in [0.3, 0.4) is 0 Å². The third-order valence-corrected chi connectivity index (χ3v) is 7.54. The molecule has 2 aromatic rings. The smallest absolute Gasteiger partial charge is 0.243 e. The third-order valence-electron chi connectivity index (χ3n) is 4.54. The number of halogens is 1. The number of carbonyl (C=O) groups excluding carboxylic acids is 1. The van der Waals surface area contributed by atoms with E-state index in [0.29, 0.717) is 30.7 Å². The van der Waals surface area contributed by atoms with E-state index < -0.39 is 27.8 Å². The molecule has 3 rings (SSSR count). The molecular weight excluding hydrogens is 413 g/mol. The predicted octanol–water partition coefficient (Wildman–Crippen LogP) is 3.62. The van der Waals surface area contributed by atoms with Crippen LogP contribution < -0.4 is 5.32 Å². The SMILES string of the molecule is N#CCCSc1ccccc1NC(=O)[C@H]1CCCN1S(=O)(=O)c1ccc(F)cc1. The van der Waals surface area contributed by atoms with E-state index in [-0.39, 0.29) is 11.4 Å². The molecule has 1 fully saturated rings. The average molecular weight is 434 g/mol. The highest BCUT2D eigenvalue weighted by Gasteiger charge is 2.39. The quantitative estimate of drug-likeness (QED) is 0.532. The summed E-state index contributed by atoms with van der Waals surface area (Å²) in [4.78, 5) is 13.7. The normalized spacial score (nSPS) is 17.0. The fraction of sp³-hybridized carbons (Fsp3) is 0.300. The summed E-state index contributed by atoms with van der Waals surface area (Å²) in [6, 6.07) is 13.1. The molecule has 0 spiro atoms. The van der Waals surface area contributed by atoms with E-state index in [4.69, 9.17) is 5.26 Å². The summed E-state index contributed by atoms with van der Waals surface area (Å²) in [5.41, 5.74) is 0.589. The topological polar surface area (TPSA) is 90.3 Å². The van der Waals surface area contributed by atoms with Crippen molar-refractivity contribution in [1.29, 1.82) is 5.26 Å². The highest BCUT2D eigenvalue weighted by Crippen LogP contribution is 2.30. The predicted molar refractivity (Wildman–Crippen MR) is 109 cm³/mol. The number of sulfonamides is 1. The van der Waals surface area contributed by atoms with Crippen molar-refractivity contribution in [2.75, 3.05) is 17.6 Å². The summed E-state index contributed by atoms with van der Waals surface area (Å²) in [5.74, 6) is -0.329. The molecule has 2 aromatic carbocycles. The number of nitrogens with zero attached hydrogens (tertiary/aromatic N) is 2. The van der Waals surface area contributed by atoms with E-state index in [1.165, 1.54) is 28.2 Å². The first kappa shape index (κ1) is 21.3. The minimum Gasteiger partial charge on any atom is -0.324 e. The molecule has 0 aliphatic carbocycles. The highest BCUT2D eigenvalue weighted by molar-refractivity contribution is 7.99. The van der Waals surface area contributed by atoms with Gasteiger partial charge in [-0.15, -0.1) is 11.8 Å². The fourth-order valence-corrected chi connectivity index (χ4v) is 5.67. The minimum atomic E-state index is -3.91. The molecule has 1 amide bonds. The molecule has 1 atom stereocenters. The Morgan fingerprint density at radius 3 is 2.69 bits per heavy atom. The largest absolute Gasteiger partial charge is 0.324 e. The van der Waals surface area contributed by atoms with Gasteiger partial charge >= 0.3 is 0 Å². The van der Waals surface area contributed by atoms with Gasteiger partial charge in [-0.1, -0.05) is 12.1 Å². The highest BCUT2D eigenvalue weighted by atomic mass is 32.2. The molecule has 0 saturated carbocycles. The van der Waals surface area contributed by atoms with E-state index in [1.54, 1.807) is 12.1 Å². The van der Waals surface area contributed by atoms with Crippen LogP contribution in [0.5, 0.6) is 0 Å². The molecule has 6 nitrogen and oxygen atoms in total. The first-order chi connectivity index (χ1) is 13.9. The molecule has 152 valence electrons. The van der Waals surface area contributed by atoms with Crippen LogP contribution in [-0.4, -0.2) is 37.0 Å². The van der Waals surface area contributed by atoms with Gasteiger partial charge in [-0.25, -0.2) is 12.8 Å². The number of benzene rings is 2. The van der Waals surface area contributed by atoms with E-state index in [0.717, 1.165) is 17.0 Å². The van der Waals surface area contributed by atoms with Gasteiger partial charge in [0.25, 0.3) is 0 Å². The van der Waals surface area contributed by atoms with Crippen LogP contribution in [-0.2, 0) is 14.8 Å². The number of anilines is 1. The van der Waals surface area contributed by atoms with Gasteiger partial charge in [0.05, 0.1) is 16.7 Å². The van der Waals surface area contributed by atoms with E-state index in [2.05, 4.69) is 11.4 Å². The molecular formula is C20H20FN3O3S2. The van der Waals surface area contributed by atoms with Crippen molar-refractivity contribution in [3.8, 4) is 6.07 Å². The Balaban J connectivity index is 1.77. The van der Waals surface area contributed by atoms with Crippen LogP contribution in [0.4, 0.5) is 10.1 Å². The lowest BCUT2D eigenvalue weighted by Crippen LogP contribution is -2.43. The Kier molecular flexibility index (Phi) is 6.90. The number of nitrogens with one attached hydrogen (secondary N) is 1. The van der Waals surface area contributed by atoms with Crippen LogP contribution in [0.2, 0.25) is 0 Å². The number of thioether (sulfide) groups is 1. The van der Waals surface area contributed by atoms with Gasteiger partial charge in [0, 0.05) is 23.6 Å². The van der Waals surface area contributed by atoms with Crippen molar-refractivity contribution in [1.82, 2.24) is 4.31 Å². The van der Waals surface area contributed by atoms with Crippen LogP contribution in [0.15, 0.2) is 58.3 Å². The van der Waals surface area contributed by atoms with Crippen molar-refractivity contribution in [2.24, 2.45) is 0 Å². The zero-order chi connectivity index (χ0) is 20.9. The average Bonchev–Trinajstić information content (AvgIpc) is 3.21. The summed E-state index contributed by atoms with van der Waals surface area (Å²) in [6.07, 6.45) is 1.37. The van der Waals surface area contributed by atoms with Crippen molar-refractivity contribution in [3.63, 3.8) is 0 Å². The first-order valence-corrected chi connectivity index (χ1v) is 11.5. The standard InChI is InChI=1S/C20H20FN3O3S2/c21-15-8-10-16(11-9-15)29(26,27)24-13-3-6-18(24)20(25)23-17-5-1-2-7-19(17)28-14-4-12-22/h1-2,5,7-11,18H,3-4,6,13-14H2,(H,23,25)/t18-/m1/s1. The Morgan fingerprint density at radius 1 is 1.24 bits per heavy atom. The second-order valence-corrected chi connectivity index (χ2v) is 9.50. The van der Waals surface area contributed by atoms with Crippen molar-refractivity contribution < 1.29 is 17.6 Å². The zero-order valence-electron chi connectivity index (χ0n) is 15.5. The van der Waals surface area contributed by atoms with Gasteiger partial charge < -0.3 is 5.32 Å². The number of hydrogen-bond donors (Lipinski definition) is 1. The Hall–Kier alpha value is -2.41. The lowest BCUT2D eigenvalue weighted by molar-refractivity contribution is -0.119. The molecule has 0 radical (unpaired) electrons. The number of hydrogen-bond acceptors (Lipinski definition) is 5. The summed E-state index contributed by atoms with van der Waals surface area (Å²) in [5, 5.41) is 11.5. The van der Waals surface area contributed by atoms with Crippen molar-refractivity contribution in [2.45, 2.75) is 35.1 Å². The molecule has 1 N–H and O–H groups in total. The van der Waals surface area contributed by atoms with Gasteiger partial charge in [0.2, 0.25) is 15.9 Å². The number of carbonyl (C=O) groups is 1. The second-order valence-electron chi connectivity index (χ2n) is 6.47. The maximum Gasteiger partial charge on any atom is 0.243 e. The number of rotatable bonds is 7. The number of nitriles is 1. The Morgan fingerprint density at radius 2 is 1.97 bits per heavy atom. The van der Waals surface area contributed by atoms with Crippen LogP contribution in [0.1, 0.15) is 19.3 Å². The van der Waals surface area contributed by atoms with E-state index in [1.807, 2.05) is 12.1 Å².